The van der Waals surface area contributed by atoms with Crippen molar-refractivity contribution >= 4 is 38.6 Å². The summed E-state index contributed by atoms with van der Waals surface area (Å²) >= 11 is 3.30. The van der Waals surface area contributed by atoms with Gasteiger partial charge in [-0.05, 0) is 51.0 Å². The second kappa shape index (κ2) is 9.82. The van der Waals surface area contributed by atoms with Crippen molar-refractivity contribution in [1.82, 2.24) is 15.0 Å². The van der Waals surface area contributed by atoms with Gasteiger partial charge in [0, 0.05) is 29.8 Å². The second-order valence-corrected chi connectivity index (χ2v) is 11.0. The van der Waals surface area contributed by atoms with Gasteiger partial charge in [0.05, 0.1) is 20.5 Å². The van der Waals surface area contributed by atoms with Crippen LogP contribution in [-0.4, -0.2) is 32.4 Å². The quantitative estimate of drug-likeness (QED) is 0.505. The van der Waals surface area contributed by atoms with Crippen molar-refractivity contribution < 1.29 is 13.2 Å². The third-order valence-corrected chi connectivity index (χ3v) is 8.05. The molecule has 3 rings (SSSR count). The number of thiophene rings is 1. The predicted octanol–water partition coefficient (Wildman–Crippen LogP) is 3.82. The number of aryl methyl sites for hydroxylation is 3. The Morgan fingerprint density at radius 2 is 1.90 bits per heavy atom. The van der Waals surface area contributed by atoms with E-state index in [1.807, 2.05) is 25.3 Å². The van der Waals surface area contributed by atoms with Crippen LogP contribution in [0.1, 0.15) is 27.4 Å². The Hall–Kier alpha value is -2.07. The normalized spacial score (nSPS) is 11.6. The average molecular weight is 464 g/mol. The molecule has 0 saturated carbocycles. The van der Waals surface area contributed by atoms with Gasteiger partial charge in [-0.15, -0.1) is 22.7 Å². The summed E-state index contributed by atoms with van der Waals surface area (Å²) in [6.45, 7) is 6.24. The summed E-state index contributed by atoms with van der Waals surface area (Å²) in [6.07, 6.45) is 0.825. The molecule has 0 saturated heterocycles. The number of carbonyl (C=O) groups is 1. The number of thiazole rings is 1. The number of hydrogen-bond acceptors (Lipinski definition) is 6. The summed E-state index contributed by atoms with van der Waals surface area (Å²) in [5.74, 6) is -0.176. The Bertz CT molecular complexity index is 1130. The molecule has 2 N–H and O–H groups in total. The van der Waals surface area contributed by atoms with Gasteiger partial charge in [-0.25, -0.2) is 18.1 Å². The molecule has 0 aliphatic rings. The van der Waals surface area contributed by atoms with Gasteiger partial charge in [-0.3, -0.25) is 4.79 Å². The molecule has 0 aliphatic heterocycles. The Balaban J connectivity index is 1.41. The predicted molar refractivity (Wildman–Crippen MR) is 123 cm³/mol. The molecular formula is C21H25N3O3S3. The molecule has 9 heteroatoms. The monoisotopic (exact) mass is 463 g/mol. The molecule has 1 aromatic carbocycles. The SMILES string of the molecule is Cc1ccc(S(=O)(=O)NCCC(=O)NCCc2ccc(-c3csc(C)n3)s2)c(C)c1. The maximum Gasteiger partial charge on any atom is 0.240 e. The Kier molecular flexibility index (Phi) is 7.41. The van der Waals surface area contributed by atoms with E-state index in [1.54, 1.807) is 41.7 Å². The molecule has 0 atom stereocenters. The van der Waals surface area contributed by atoms with Crippen LogP contribution in [0, 0.1) is 20.8 Å². The van der Waals surface area contributed by atoms with Crippen LogP contribution in [0.15, 0.2) is 40.6 Å². The summed E-state index contributed by atoms with van der Waals surface area (Å²) in [6, 6.07) is 9.29. The number of amides is 1. The van der Waals surface area contributed by atoms with Crippen molar-refractivity contribution in [1.29, 1.82) is 0 Å². The number of sulfonamides is 1. The van der Waals surface area contributed by atoms with E-state index >= 15 is 0 Å². The van der Waals surface area contributed by atoms with E-state index in [-0.39, 0.29) is 23.8 Å². The zero-order valence-electron chi connectivity index (χ0n) is 17.2. The highest BCUT2D eigenvalue weighted by Gasteiger charge is 2.16. The minimum Gasteiger partial charge on any atom is -0.356 e. The highest BCUT2D eigenvalue weighted by atomic mass is 32.2. The molecule has 0 bridgehead atoms. The molecule has 30 heavy (non-hydrogen) atoms. The van der Waals surface area contributed by atoms with Crippen molar-refractivity contribution in [3.05, 3.63) is 56.7 Å². The van der Waals surface area contributed by atoms with Crippen molar-refractivity contribution in [2.45, 2.75) is 38.5 Å². The number of benzene rings is 1. The summed E-state index contributed by atoms with van der Waals surface area (Å²) in [5.41, 5.74) is 2.69. The van der Waals surface area contributed by atoms with E-state index in [9.17, 15) is 13.2 Å². The molecular weight excluding hydrogens is 438 g/mol. The summed E-state index contributed by atoms with van der Waals surface area (Å²) in [5, 5.41) is 5.94. The Morgan fingerprint density at radius 1 is 1.10 bits per heavy atom. The molecule has 6 nitrogen and oxygen atoms in total. The first-order valence-electron chi connectivity index (χ1n) is 9.59. The third-order valence-electron chi connectivity index (χ3n) is 4.49. The van der Waals surface area contributed by atoms with Gasteiger partial charge in [-0.1, -0.05) is 17.7 Å². The first kappa shape index (κ1) is 22.6. The molecule has 3 aromatic rings. The van der Waals surface area contributed by atoms with Crippen molar-refractivity contribution in [2.24, 2.45) is 0 Å². The van der Waals surface area contributed by atoms with E-state index in [0.717, 1.165) is 27.6 Å². The molecule has 1 amide bonds. The average Bonchev–Trinajstić information content (AvgIpc) is 3.30. The lowest BCUT2D eigenvalue weighted by Crippen LogP contribution is -2.31. The Morgan fingerprint density at radius 3 is 2.60 bits per heavy atom. The highest BCUT2D eigenvalue weighted by Crippen LogP contribution is 2.29. The largest absolute Gasteiger partial charge is 0.356 e. The smallest absolute Gasteiger partial charge is 0.240 e. The maximum absolute atomic E-state index is 12.4. The van der Waals surface area contributed by atoms with E-state index < -0.39 is 10.0 Å². The van der Waals surface area contributed by atoms with Gasteiger partial charge < -0.3 is 5.32 Å². The summed E-state index contributed by atoms with van der Waals surface area (Å²) in [7, 11) is -3.62. The van der Waals surface area contributed by atoms with E-state index in [4.69, 9.17) is 0 Å². The molecule has 0 aliphatic carbocycles. The van der Waals surface area contributed by atoms with Crippen molar-refractivity contribution in [2.75, 3.05) is 13.1 Å². The number of rotatable bonds is 9. The third kappa shape index (κ3) is 5.98. The van der Waals surface area contributed by atoms with Crippen LogP contribution in [-0.2, 0) is 21.2 Å². The number of aromatic nitrogens is 1. The first-order chi connectivity index (χ1) is 14.2. The van der Waals surface area contributed by atoms with Gasteiger partial charge >= 0.3 is 0 Å². The molecule has 2 heterocycles. The lowest BCUT2D eigenvalue weighted by Gasteiger charge is -2.10. The lowest BCUT2D eigenvalue weighted by molar-refractivity contribution is -0.120. The molecule has 0 unspecified atom stereocenters. The fraction of sp³-hybridized carbons (Fsp3) is 0.333. The van der Waals surface area contributed by atoms with Crippen LogP contribution < -0.4 is 10.0 Å². The number of nitrogens with zero attached hydrogens (tertiary/aromatic N) is 1. The molecule has 0 fully saturated rings. The molecule has 0 spiro atoms. The first-order valence-corrected chi connectivity index (χ1v) is 12.8. The van der Waals surface area contributed by atoms with Crippen molar-refractivity contribution in [3.8, 4) is 10.6 Å². The van der Waals surface area contributed by atoms with Crippen LogP contribution in [0.25, 0.3) is 10.6 Å². The molecule has 2 aromatic heterocycles. The van der Waals surface area contributed by atoms with Crippen molar-refractivity contribution in [3.63, 3.8) is 0 Å². The van der Waals surface area contributed by atoms with Crippen LogP contribution in [0.4, 0.5) is 0 Å². The number of nitrogens with one attached hydrogen (secondary N) is 2. The van der Waals surface area contributed by atoms with Gasteiger partial charge in [-0.2, -0.15) is 0 Å². The van der Waals surface area contributed by atoms with Gasteiger partial charge in [0.1, 0.15) is 0 Å². The number of carbonyl (C=O) groups excluding carboxylic acids is 1. The van der Waals surface area contributed by atoms with Crippen LogP contribution in [0.2, 0.25) is 0 Å². The lowest BCUT2D eigenvalue weighted by atomic mass is 10.2. The van der Waals surface area contributed by atoms with Crippen LogP contribution >= 0.6 is 22.7 Å². The fourth-order valence-corrected chi connectivity index (χ4v) is 5.93. The second-order valence-electron chi connectivity index (χ2n) is 7.03. The maximum atomic E-state index is 12.4. The van der Waals surface area contributed by atoms with Crippen LogP contribution in [0.5, 0.6) is 0 Å². The van der Waals surface area contributed by atoms with Crippen LogP contribution in [0.3, 0.4) is 0 Å². The highest BCUT2D eigenvalue weighted by molar-refractivity contribution is 7.89. The molecule has 0 radical (unpaired) electrons. The summed E-state index contributed by atoms with van der Waals surface area (Å²) in [4.78, 5) is 19.1. The zero-order valence-corrected chi connectivity index (χ0v) is 19.6. The Labute approximate surface area is 185 Å². The zero-order chi connectivity index (χ0) is 21.7. The minimum atomic E-state index is -3.62. The minimum absolute atomic E-state index is 0.0633. The van der Waals surface area contributed by atoms with E-state index in [2.05, 4.69) is 27.2 Å². The van der Waals surface area contributed by atoms with Gasteiger partial charge in [0.2, 0.25) is 15.9 Å². The standard InChI is InChI=1S/C21H25N3O3S3/c1-14-4-7-20(15(2)12-14)30(26,27)23-11-9-21(25)22-10-8-17-5-6-19(29-17)18-13-28-16(3)24-18/h4-7,12-13,23H,8-11H2,1-3H3,(H,22,25). The molecule has 160 valence electrons. The van der Waals surface area contributed by atoms with Gasteiger partial charge in [0.25, 0.3) is 0 Å². The number of hydrogen-bond donors (Lipinski definition) is 2. The van der Waals surface area contributed by atoms with E-state index in [0.29, 0.717) is 12.1 Å². The van der Waals surface area contributed by atoms with E-state index in [1.165, 1.54) is 4.88 Å². The fourth-order valence-electron chi connectivity index (χ4n) is 3.02. The summed E-state index contributed by atoms with van der Waals surface area (Å²) < 4.78 is 27.3. The van der Waals surface area contributed by atoms with Gasteiger partial charge in [0.15, 0.2) is 0 Å². The topological polar surface area (TPSA) is 88.2 Å².